The number of anilines is 1. The summed E-state index contributed by atoms with van der Waals surface area (Å²) in [6, 6.07) is 81.6. The van der Waals surface area contributed by atoms with Crippen LogP contribution in [-0.4, -0.2) is 11.7 Å². The third kappa shape index (κ3) is 7.53. The number of rotatable bonds is 9. The molecule has 0 fully saturated rings. The first-order valence-electron chi connectivity index (χ1n) is 19.9. The van der Waals surface area contributed by atoms with Gasteiger partial charge in [0, 0.05) is 16.8 Å². The van der Waals surface area contributed by atoms with E-state index in [1.165, 1.54) is 16.7 Å². The van der Waals surface area contributed by atoms with Gasteiger partial charge in [-0.05, 0) is 91.0 Å². The minimum absolute atomic E-state index is 0.234. The topological polar surface area (TPSA) is 50.9 Å². The second-order valence-corrected chi connectivity index (χ2v) is 14.5. The number of nitrogens with zero attached hydrogens (tertiary/aromatic N) is 1. The first kappa shape index (κ1) is 36.7. The van der Waals surface area contributed by atoms with E-state index in [0.29, 0.717) is 0 Å². The molecule has 0 spiro atoms. The zero-order chi connectivity index (χ0) is 40.0. The molecule has 9 rings (SSSR count). The molecule has 0 saturated carbocycles. The van der Waals surface area contributed by atoms with E-state index in [0.717, 1.165) is 66.9 Å². The van der Waals surface area contributed by atoms with Gasteiger partial charge in [-0.15, -0.1) is 0 Å². The average molecular weight is 756 g/mol. The highest BCUT2D eigenvalue weighted by Crippen LogP contribution is 2.50. The van der Waals surface area contributed by atoms with Gasteiger partial charge in [0.05, 0.1) is 0 Å². The molecule has 0 saturated heterocycles. The van der Waals surface area contributed by atoms with Gasteiger partial charge in [0.2, 0.25) is 0 Å². The molecule has 0 heterocycles. The van der Waals surface area contributed by atoms with Gasteiger partial charge in [0.15, 0.2) is 0 Å². The normalized spacial score (nSPS) is 10.8. The average Bonchev–Trinajstić information content (AvgIpc) is 3.32. The van der Waals surface area contributed by atoms with Crippen molar-refractivity contribution < 1.29 is 0 Å². The SMILES string of the molecule is N=C(c1ccccc1)N(C(=N)c1ccccc1)c1cccc(-c2cccc(-c3cc(-c4ccccc4)c(-c4ccccc4)c(-c4ccccc4)c3-c3ccccc3)c2)c1. The van der Waals surface area contributed by atoms with E-state index in [9.17, 15) is 10.8 Å². The summed E-state index contributed by atoms with van der Waals surface area (Å²) in [7, 11) is 0. The lowest BCUT2D eigenvalue weighted by Crippen LogP contribution is -2.37. The van der Waals surface area contributed by atoms with Gasteiger partial charge in [-0.2, -0.15) is 0 Å². The lowest BCUT2D eigenvalue weighted by atomic mass is 9.78. The van der Waals surface area contributed by atoms with E-state index in [1.807, 2.05) is 72.8 Å². The van der Waals surface area contributed by atoms with Gasteiger partial charge in [0.1, 0.15) is 11.7 Å². The highest BCUT2D eigenvalue weighted by atomic mass is 15.2. The highest BCUT2D eigenvalue weighted by molar-refractivity contribution is 6.27. The molecule has 0 aliphatic heterocycles. The van der Waals surface area contributed by atoms with Crippen molar-refractivity contribution in [3.05, 3.63) is 248 Å². The predicted molar refractivity (Wildman–Crippen MR) is 248 cm³/mol. The molecular formula is C56H41N3. The summed E-state index contributed by atoms with van der Waals surface area (Å²) in [4.78, 5) is 1.73. The predicted octanol–water partition coefficient (Wildman–Crippen LogP) is 14.5. The van der Waals surface area contributed by atoms with Crippen molar-refractivity contribution in [2.45, 2.75) is 0 Å². The molecular weight excluding hydrogens is 715 g/mol. The molecule has 0 amide bonds. The van der Waals surface area contributed by atoms with Crippen molar-refractivity contribution in [3.63, 3.8) is 0 Å². The van der Waals surface area contributed by atoms with E-state index in [1.54, 1.807) is 4.90 Å². The Morgan fingerprint density at radius 1 is 0.271 bits per heavy atom. The van der Waals surface area contributed by atoms with Crippen LogP contribution in [0.2, 0.25) is 0 Å². The Bertz CT molecular complexity index is 2820. The summed E-state index contributed by atoms with van der Waals surface area (Å²) < 4.78 is 0. The molecule has 0 aliphatic carbocycles. The van der Waals surface area contributed by atoms with Crippen molar-refractivity contribution in [2.24, 2.45) is 0 Å². The summed E-state index contributed by atoms with van der Waals surface area (Å²) in [5, 5.41) is 18.8. The minimum atomic E-state index is 0.234. The summed E-state index contributed by atoms with van der Waals surface area (Å²) in [5.41, 5.74) is 15.7. The Balaban J connectivity index is 1.26. The maximum Gasteiger partial charge on any atom is 0.138 e. The van der Waals surface area contributed by atoms with Gasteiger partial charge in [-0.1, -0.05) is 212 Å². The van der Waals surface area contributed by atoms with Gasteiger partial charge in [-0.25, -0.2) is 0 Å². The van der Waals surface area contributed by atoms with Crippen molar-refractivity contribution in [1.82, 2.24) is 0 Å². The lowest BCUT2D eigenvalue weighted by molar-refractivity contribution is 1.28. The van der Waals surface area contributed by atoms with E-state index in [4.69, 9.17) is 0 Å². The molecule has 9 aromatic carbocycles. The summed E-state index contributed by atoms with van der Waals surface area (Å²) >= 11 is 0. The van der Waals surface area contributed by atoms with Crippen LogP contribution in [0.5, 0.6) is 0 Å². The van der Waals surface area contributed by atoms with E-state index >= 15 is 0 Å². The largest absolute Gasteiger partial charge is 0.284 e. The number of nitrogens with one attached hydrogen (secondary N) is 2. The van der Waals surface area contributed by atoms with Gasteiger partial charge >= 0.3 is 0 Å². The van der Waals surface area contributed by atoms with Crippen LogP contribution in [0.4, 0.5) is 5.69 Å². The molecule has 9 aromatic rings. The van der Waals surface area contributed by atoms with Crippen LogP contribution in [0, 0.1) is 10.8 Å². The quantitative estimate of drug-likeness (QED) is 0.112. The zero-order valence-electron chi connectivity index (χ0n) is 32.5. The van der Waals surface area contributed by atoms with Gasteiger partial charge in [-0.3, -0.25) is 15.7 Å². The number of hydrogen-bond donors (Lipinski definition) is 2. The molecule has 3 nitrogen and oxygen atoms in total. The first-order valence-corrected chi connectivity index (χ1v) is 19.9. The summed E-state index contributed by atoms with van der Waals surface area (Å²) in [6.45, 7) is 0. The van der Waals surface area contributed by atoms with Gasteiger partial charge < -0.3 is 0 Å². The smallest absolute Gasteiger partial charge is 0.138 e. The van der Waals surface area contributed by atoms with Crippen LogP contribution in [-0.2, 0) is 0 Å². The third-order valence-electron chi connectivity index (χ3n) is 10.8. The standard InChI is InChI=1S/C56H41N3/c57-55(44-29-15-5-16-30-44)59(56(58)45-31-17-6-18-32-45)49-36-20-34-47(38-49)46-33-19-35-48(37-46)51-39-50(40-21-7-1-8-22-40)52(41-23-9-2-10-24-41)54(43-27-13-4-14-28-43)53(51)42-25-11-3-12-26-42/h1-39,57-58H. The fourth-order valence-corrected chi connectivity index (χ4v) is 7.97. The molecule has 280 valence electrons. The minimum Gasteiger partial charge on any atom is -0.284 e. The second kappa shape index (κ2) is 16.7. The molecule has 0 atom stereocenters. The monoisotopic (exact) mass is 755 g/mol. The summed E-state index contributed by atoms with van der Waals surface area (Å²) in [5.74, 6) is 0.469. The fourth-order valence-electron chi connectivity index (χ4n) is 7.97. The fraction of sp³-hybridized carbons (Fsp3) is 0. The zero-order valence-corrected chi connectivity index (χ0v) is 32.5. The van der Waals surface area contributed by atoms with Crippen LogP contribution in [0.1, 0.15) is 11.1 Å². The van der Waals surface area contributed by atoms with Crippen LogP contribution >= 0.6 is 0 Å². The molecule has 0 unspecified atom stereocenters. The Labute approximate surface area is 346 Å². The van der Waals surface area contributed by atoms with Crippen LogP contribution in [0.3, 0.4) is 0 Å². The van der Waals surface area contributed by atoms with Crippen molar-refractivity contribution in [2.75, 3.05) is 4.90 Å². The molecule has 2 N–H and O–H groups in total. The Hall–Kier alpha value is -7.88. The molecule has 3 heteroatoms. The second-order valence-electron chi connectivity index (χ2n) is 14.5. The van der Waals surface area contributed by atoms with E-state index < -0.39 is 0 Å². The maximum absolute atomic E-state index is 9.38. The highest BCUT2D eigenvalue weighted by Gasteiger charge is 2.25. The molecule has 0 aromatic heterocycles. The Morgan fingerprint density at radius 2 is 0.610 bits per heavy atom. The molecule has 0 aliphatic rings. The van der Waals surface area contributed by atoms with E-state index in [2.05, 4.69) is 164 Å². The number of hydrogen-bond acceptors (Lipinski definition) is 2. The van der Waals surface area contributed by atoms with Crippen molar-refractivity contribution >= 4 is 17.4 Å². The van der Waals surface area contributed by atoms with Crippen molar-refractivity contribution in [3.8, 4) is 66.8 Å². The van der Waals surface area contributed by atoms with Crippen LogP contribution in [0.25, 0.3) is 66.8 Å². The lowest BCUT2D eigenvalue weighted by Gasteiger charge is -2.27. The number of amidine groups is 2. The molecule has 59 heavy (non-hydrogen) atoms. The Kier molecular flexibility index (Phi) is 10.4. The maximum atomic E-state index is 9.38. The first-order chi connectivity index (χ1) is 29.1. The van der Waals surface area contributed by atoms with Gasteiger partial charge in [0.25, 0.3) is 0 Å². The van der Waals surface area contributed by atoms with E-state index in [-0.39, 0.29) is 11.7 Å². The molecule has 0 bridgehead atoms. The van der Waals surface area contributed by atoms with Crippen LogP contribution < -0.4 is 4.90 Å². The van der Waals surface area contributed by atoms with Crippen molar-refractivity contribution in [1.29, 1.82) is 10.8 Å². The summed E-state index contributed by atoms with van der Waals surface area (Å²) in [6.07, 6.45) is 0. The molecule has 0 radical (unpaired) electrons. The Morgan fingerprint density at radius 3 is 1.08 bits per heavy atom. The number of benzene rings is 9. The van der Waals surface area contributed by atoms with Crippen LogP contribution in [0.15, 0.2) is 237 Å². The third-order valence-corrected chi connectivity index (χ3v) is 10.8.